The van der Waals surface area contributed by atoms with Crippen molar-refractivity contribution in [2.75, 3.05) is 19.7 Å². The minimum atomic E-state index is 0.252. The van der Waals surface area contributed by atoms with Crippen molar-refractivity contribution in [2.45, 2.75) is 25.2 Å². The molecule has 2 rings (SSSR count). The minimum absolute atomic E-state index is 0.252. The molecule has 2 heteroatoms. The second kappa shape index (κ2) is 5.29. The van der Waals surface area contributed by atoms with Gasteiger partial charge in [-0.15, -0.1) is 0 Å². The van der Waals surface area contributed by atoms with E-state index in [0.29, 0.717) is 5.92 Å². The number of nitrogens with one attached hydrogen (secondary N) is 1. The van der Waals surface area contributed by atoms with Gasteiger partial charge < -0.3 is 10.4 Å². The predicted molar refractivity (Wildman–Crippen MR) is 62.1 cm³/mol. The van der Waals surface area contributed by atoms with Crippen molar-refractivity contribution >= 4 is 0 Å². The molecule has 2 N–H and O–H groups in total. The summed E-state index contributed by atoms with van der Waals surface area (Å²) >= 11 is 0. The molecular weight excluding hydrogens is 186 g/mol. The quantitative estimate of drug-likeness (QED) is 0.787. The Morgan fingerprint density at radius 2 is 1.93 bits per heavy atom. The van der Waals surface area contributed by atoms with Crippen molar-refractivity contribution in [3.8, 4) is 0 Å². The Balaban J connectivity index is 2.17. The van der Waals surface area contributed by atoms with Gasteiger partial charge in [-0.05, 0) is 49.4 Å². The fourth-order valence-corrected chi connectivity index (χ4v) is 2.41. The van der Waals surface area contributed by atoms with Gasteiger partial charge in [-0.2, -0.15) is 0 Å². The highest BCUT2D eigenvalue weighted by Crippen LogP contribution is 2.28. The Hall–Kier alpha value is -0.860. The normalized spacial score (nSPS) is 17.9. The van der Waals surface area contributed by atoms with Crippen LogP contribution in [0.4, 0.5) is 0 Å². The van der Waals surface area contributed by atoms with Crippen molar-refractivity contribution in [1.82, 2.24) is 5.32 Å². The third-order valence-corrected chi connectivity index (χ3v) is 3.22. The van der Waals surface area contributed by atoms with Crippen LogP contribution in [0.15, 0.2) is 24.3 Å². The maximum absolute atomic E-state index is 9.03. The van der Waals surface area contributed by atoms with Crippen LogP contribution in [-0.4, -0.2) is 24.8 Å². The topological polar surface area (TPSA) is 32.3 Å². The second-order valence-corrected chi connectivity index (χ2v) is 4.20. The smallest absolute Gasteiger partial charge is 0.0471 e. The molecule has 0 radical (unpaired) electrons. The van der Waals surface area contributed by atoms with Crippen molar-refractivity contribution in [3.05, 3.63) is 35.4 Å². The summed E-state index contributed by atoms with van der Waals surface area (Å²) in [6.07, 6.45) is 3.24. The van der Waals surface area contributed by atoms with Gasteiger partial charge in [0.2, 0.25) is 0 Å². The molecule has 1 fully saturated rings. The van der Waals surface area contributed by atoms with E-state index in [0.717, 1.165) is 19.5 Å². The Bertz CT molecular complexity index is 305. The fourth-order valence-electron chi connectivity index (χ4n) is 2.41. The molecule has 2 nitrogen and oxygen atoms in total. The zero-order valence-corrected chi connectivity index (χ0v) is 9.08. The molecule has 0 saturated carbocycles. The Morgan fingerprint density at radius 1 is 1.20 bits per heavy atom. The molecule has 82 valence electrons. The Kier molecular flexibility index (Phi) is 3.75. The lowest BCUT2D eigenvalue weighted by atomic mass is 9.86. The molecule has 0 spiro atoms. The summed E-state index contributed by atoms with van der Waals surface area (Å²) in [5.74, 6) is 0.689. The summed E-state index contributed by atoms with van der Waals surface area (Å²) < 4.78 is 0. The van der Waals surface area contributed by atoms with Crippen LogP contribution in [0.1, 0.15) is 29.9 Å². The van der Waals surface area contributed by atoms with E-state index >= 15 is 0 Å². The number of benzene rings is 1. The molecule has 1 aromatic rings. The molecule has 1 aliphatic heterocycles. The number of piperidine rings is 1. The first-order chi connectivity index (χ1) is 7.42. The van der Waals surface area contributed by atoms with Crippen LogP contribution < -0.4 is 5.32 Å². The number of rotatable bonds is 3. The summed E-state index contributed by atoms with van der Waals surface area (Å²) in [7, 11) is 0. The molecule has 0 amide bonds. The van der Waals surface area contributed by atoms with Crippen LogP contribution in [0.2, 0.25) is 0 Å². The first-order valence-corrected chi connectivity index (χ1v) is 5.81. The zero-order valence-electron chi connectivity index (χ0n) is 9.08. The van der Waals surface area contributed by atoms with Gasteiger partial charge in [0.1, 0.15) is 0 Å². The first kappa shape index (κ1) is 10.7. The second-order valence-electron chi connectivity index (χ2n) is 4.20. The summed E-state index contributed by atoms with van der Waals surface area (Å²) in [6.45, 7) is 2.50. The predicted octanol–water partition coefficient (Wildman–Crippen LogP) is 1.69. The van der Waals surface area contributed by atoms with Gasteiger partial charge in [-0.3, -0.25) is 0 Å². The van der Waals surface area contributed by atoms with E-state index in [9.17, 15) is 0 Å². The highest BCUT2D eigenvalue weighted by Gasteiger charge is 2.17. The third kappa shape index (κ3) is 2.58. The average Bonchev–Trinajstić information content (AvgIpc) is 2.31. The maximum Gasteiger partial charge on any atom is 0.0471 e. The fraction of sp³-hybridized carbons (Fsp3) is 0.538. The number of hydrogen-bond acceptors (Lipinski definition) is 2. The number of aliphatic hydroxyl groups excluding tert-OH is 1. The molecule has 0 unspecified atom stereocenters. The standard InChI is InChI=1S/C13H19NO/c15-10-7-11-3-1-2-4-13(11)12-5-8-14-9-6-12/h1-4,12,14-15H,5-10H2. The maximum atomic E-state index is 9.03. The van der Waals surface area contributed by atoms with Crippen LogP contribution in [0.25, 0.3) is 0 Å². The van der Waals surface area contributed by atoms with Crippen molar-refractivity contribution in [1.29, 1.82) is 0 Å². The van der Waals surface area contributed by atoms with Gasteiger partial charge in [0, 0.05) is 6.61 Å². The van der Waals surface area contributed by atoms with Crippen LogP contribution in [0, 0.1) is 0 Å². The third-order valence-electron chi connectivity index (χ3n) is 3.22. The van der Waals surface area contributed by atoms with E-state index in [-0.39, 0.29) is 6.61 Å². The Morgan fingerprint density at radius 3 is 2.67 bits per heavy atom. The van der Waals surface area contributed by atoms with Gasteiger partial charge in [0.25, 0.3) is 0 Å². The van der Waals surface area contributed by atoms with Crippen LogP contribution in [-0.2, 0) is 6.42 Å². The average molecular weight is 205 g/mol. The van der Waals surface area contributed by atoms with Gasteiger partial charge >= 0.3 is 0 Å². The van der Waals surface area contributed by atoms with E-state index in [1.807, 2.05) is 0 Å². The van der Waals surface area contributed by atoms with Gasteiger partial charge in [-0.1, -0.05) is 24.3 Å². The molecule has 0 aromatic heterocycles. The zero-order chi connectivity index (χ0) is 10.5. The van der Waals surface area contributed by atoms with Gasteiger partial charge in [-0.25, -0.2) is 0 Å². The lowest BCUT2D eigenvalue weighted by molar-refractivity contribution is 0.298. The molecule has 0 aliphatic carbocycles. The molecular formula is C13H19NO. The van der Waals surface area contributed by atoms with Gasteiger partial charge in [0.15, 0.2) is 0 Å². The van der Waals surface area contributed by atoms with E-state index in [2.05, 4.69) is 29.6 Å². The van der Waals surface area contributed by atoms with Crippen LogP contribution in [0.5, 0.6) is 0 Å². The SMILES string of the molecule is OCCc1ccccc1C1CCNCC1. The number of aliphatic hydroxyl groups is 1. The van der Waals surface area contributed by atoms with Crippen molar-refractivity contribution in [3.63, 3.8) is 0 Å². The molecule has 15 heavy (non-hydrogen) atoms. The lowest BCUT2D eigenvalue weighted by Gasteiger charge is -2.25. The monoisotopic (exact) mass is 205 g/mol. The largest absolute Gasteiger partial charge is 0.396 e. The Labute approximate surface area is 91.3 Å². The minimum Gasteiger partial charge on any atom is -0.396 e. The first-order valence-electron chi connectivity index (χ1n) is 5.81. The summed E-state index contributed by atoms with van der Waals surface area (Å²) in [5.41, 5.74) is 2.78. The molecule has 1 aromatic carbocycles. The van der Waals surface area contributed by atoms with Gasteiger partial charge in [0.05, 0.1) is 0 Å². The summed E-state index contributed by atoms with van der Waals surface area (Å²) in [6, 6.07) is 8.54. The number of hydrogen-bond donors (Lipinski definition) is 2. The van der Waals surface area contributed by atoms with E-state index in [1.54, 1.807) is 0 Å². The molecule has 0 bridgehead atoms. The molecule has 1 saturated heterocycles. The highest BCUT2D eigenvalue weighted by molar-refractivity contribution is 5.31. The molecule has 1 aliphatic rings. The van der Waals surface area contributed by atoms with Crippen molar-refractivity contribution in [2.24, 2.45) is 0 Å². The lowest BCUT2D eigenvalue weighted by Crippen LogP contribution is -2.27. The van der Waals surface area contributed by atoms with E-state index in [1.165, 1.54) is 24.0 Å². The molecule has 0 atom stereocenters. The van der Waals surface area contributed by atoms with Crippen molar-refractivity contribution < 1.29 is 5.11 Å². The molecule has 1 heterocycles. The van der Waals surface area contributed by atoms with Crippen LogP contribution in [0.3, 0.4) is 0 Å². The van der Waals surface area contributed by atoms with Crippen LogP contribution >= 0.6 is 0 Å². The van der Waals surface area contributed by atoms with E-state index < -0.39 is 0 Å². The van der Waals surface area contributed by atoms with E-state index in [4.69, 9.17) is 5.11 Å². The summed E-state index contributed by atoms with van der Waals surface area (Å²) in [5, 5.41) is 12.4. The summed E-state index contributed by atoms with van der Waals surface area (Å²) in [4.78, 5) is 0. The highest BCUT2D eigenvalue weighted by atomic mass is 16.2.